The lowest BCUT2D eigenvalue weighted by atomic mass is 10.0. The minimum atomic E-state index is -0.553. The first-order chi connectivity index (χ1) is 14.4. The van der Waals surface area contributed by atoms with E-state index in [1.807, 2.05) is 32.0 Å². The van der Waals surface area contributed by atoms with Gasteiger partial charge in [-0.3, -0.25) is 9.78 Å². The zero-order valence-corrected chi connectivity index (χ0v) is 18.5. The molecule has 2 N–H and O–H groups in total. The fraction of sp³-hybridized carbons (Fsp3) is 0.476. The second kappa shape index (κ2) is 7.47. The minimum Gasteiger partial charge on any atom is -0.388 e. The molecule has 3 atom stereocenters. The van der Waals surface area contributed by atoms with Crippen LogP contribution in [0, 0.1) is 5.92 Å². The van der Waals surface area contributed by atoms with Crippen molar-refractivity contribution in [2.24, 2.45) is 5.92 Å². The lowest BCUT2D eigenvalue weighted by molar-refractivity contribution is 0.0337. The summed E-state index contributed by atoms with van der Waals surface area (Å²) in [6.45, 7) is 5.28. The van der Waals surface area contributed by atoms with Gasteiger partial charge in [0.05, 0.1) is 30.5 Å². The number of H-pyrrole nitrogens is 1. The minimum absolute atomic E-state index is 0.0639. The number of benzene rings is 1. The summed E-state index contributed by atoms with van der Waals surface area (Å²) in [7, 11) is 0. The number of aliphatic hydroxyl groups excluding tert-OH is 1. The summed E-state index contributed by atoms with van der Waals surface area (Å²) in [6.07, 6.45) is 3.24. The van der Waals surface area contributed by atoms with Gasteiger partial charge < -0.3 is 14.7 Å². The van der Waals surface area contributed by atoms with Gasteiger partial charge in [-0.2, -0.15) is 4.98 Å². The fourth-order valence-corrected chi connectivity index (χ4v) is 4.38. The van der Waals surface area contributed by atoms with Crippen LogP contribution in [0.1, 0.15) is 38.4 Å². The predicted molar refractivity (Wildman–Crippen MR) is 117 cm³/mol. The first kappa shape index (κ1) is 19.7. The maximum Gasteiger partial charge on any atom is 0.263 e. The summed E-state index contributed by atoms with van der Waals surface area (Å²) < 4.78 is 8.23. The lowest BCUT2D eigenvalue weighted by Crippen LogP contribution is -2.48. The highest BCUT2D eigenvalue weighted by molar-refractivity contribution is 9.10. The average molecular weight is 474 g/mol. The summed E-state index contributed by atoms with van der Waals surface area (Å²) in [5.74, 6) is 0.787. The van der Waals surface area contributed by atoms with Crippen molar-refractivity contribution in [3.05, 3.63) is 44.8 Å². The molecule has 3 aromatic rings. The van der Waals surface area contributed by atoms with Crippen LogP contribution in [0.25, 0.3) is 16.7 Å². The maximum absolute atomic E-state index is 12.8. The second-order valence-electron chi connectivity index (χ2n) is 8.33. The SMILES string of the molecule is CC1CN(c2nc3nn(-c4ccc(Br)cc4C(O)C4CC4)cc3c(=O)[nH]2)C(C)CO1. The Morgan fingerprint density at radius 2 is 2.13 bits per heavy atom. The average Bonchev–Trinajstić information content (AvgIpc) is 3.48. The molecule has 2 aliphatic rings. The third-order valence-corrected chi connectivity index (χ3v) is 6.37. The number of aromatic nitrogens is 4. The number of hydrogen-bond acceptors (Lipinski definition) is 6. The Labute approximate surface area is 182 Å². The largest absolute Gasteiger partial charge is 0.388 e. The third kappa shape index (κ3) is 3.55. The molecule has 0 spiro atoms. The quantitative estimate of drug-likeness (QED) is 0.604. The highest BCUT2D eigenvalue weighted by Crippen LogP contribution is 2.43. The highest BCUT2D eigenvalue weighted by atomic mass is 79.9. The summed E-state index contributed by atoms with van der Waals surface area (Å²) in [4.78, 5) is 22.4. The Morgan fingerprint density at radius 3 is 2.90 bits per heavy atom. The lowest BCUT2D eigenvalue weighted by Gasteiger charge is -2.36. The predicted octanol–water partition coefficient (Wildman–Crippen LogP) is 2.93. The van der Waals surface area contributed by atoms with E-state index in [1.54, 1.807) is 10.9 Å². The van der Waals surface area contributed by atoms with Crippen LogP contribution in [-0.2, 0) is 4.74 Å². The maximum atomic E-state index is 12.8. The molecule has 158 valence electrons. The third-order valence-electron chi connectivity index (χ3n) is 5.88. The monoisotopic (exact) mass is 473 g/mol. The number of nitrogens with zero attached hydrogens (tertiary/aromatic N) is 4. The van der Waals surface area contributed by atoms with E-state index in [4.69, 9.17) is 4.74 Å². The van der Waals surface area contributed by atoms with Crippen molar-refractivity contribution in [3.8, 4) is 5.69 Å². The summed E-state index contributed by atoms with van der Waals surface area (Å²) in [5, 5.41) is 15.8. The zero-order valence-electron chi connectivity index (χ0n) is 16.9. The van der Waals surface area contributed by atoms with Gasteiger partial charge >= 0.3 is 0 Å². The number of nitrogens with one attached hydrogen (secondary N) is 1. The van der Waals surface area contributed by atoms with Gasteiger partial charge in [-0.1, -0.05) is 15.9 Å². The van der Waals surface area contributed by atoms with E-state index in [2.05, 4.69) is 35.9 Å². The van der Waals surface area contributed by atoms with Gasteiger partial charge in [0.2, 0.25) is 5.95 Å². The molecular formula is C21H24BrN5O3. The molecule has 3 unspecified atom stereocenters. The Kier molecular flexibility index (Phi) is 4.91. The molecule has 2 aromatic heterocycles. The van der Waals surface area contributed by atoms with E-state index in [9.17, 15) is 9.90 Å². The van der Waals surface area contributed by atoms with Gasteiger partial charge in [-0.25, -0.2) is 4.68 Å². The van der Waals surface area contributed by atoms with Crippen molar-refractivity contribution in [2.75, 3.05) is 18.1 Å². The van der Waals surface area contributed by atoms with E-state index in [1.165, 1.54) is 0 Å². The van der Waals surface area contributed by atoms with Crippen LogP contribution in [0.2, 0.25) is 0 Å². The summed E-state index contributed by atoms with van der Waals surface area (Å²) in [6, 6.07) is 5.84. The molecular weight excluding hydrogens is 450 g/mol. The van der Waals surface area contributed by atoms with Crippen molar-refractivity contribution in [2.45, 2.75) is 44.9 Å². The molecule has 30 heavy (non-hydrogen) atoms. The fourth-order valence-electron chi connectivity index (χ4n) is 4.00. The zero-order chi connectivity index (χ0) is 21.0. The number of hydrogen-bond donors (Lipinski definition) is 2. The Morgan fingerprint density at radius 1 is 1.33 bits per heavy atom. The molecule has 1 aliphatic carbocycles. The van der Waals surface area contributed by atoms with E-state index in [0.717, 1.165) is 28.6 Å². The summed E-state index contributed by atoms with van der Waals surface area (Å²) >= 11 is 3.49. The number of fused-ring (bicyclic) bond motifs is 1. The second-order valence-corrected chi connectivity index (χ2v) is 9.25. The molecule has 8 nitrogen and oxygen atoms in total. The number of halogens is 1. The number of anilines is 1. The Hall–Kier alpha value is -2.23. The van der Waals surface area contributed by atoms with Gasteiger partial charge in [0, 0.05) is 22.8 Å². The van der Waals surface area contributed by atoms with Gasteiger partial charge in [0.25, 0.3) is 5.56 Å². The number of aromatic amines is 1. The van der Waals surface area contributed by atoms with Crippen LogP contribution in [0.3, 0.4) is 0 Å². The van der Waals surface area contributed by atoms with Gasteiger partial charge in [-0.05, 0) is 50.8 Å². The van der Waals surface area contributed by atoms with Crippen molar-refractivity contribution < 1.29 is 9.84 Å². The first-order valence-electron chi connectivity index (χ1n) is 10.3. The van der Waals surface area contributed by atoms with Crippen LogP contribution in [-0.4, -0.2) is 50.2 Å². The number of morpholine rings is 1. The Bertz CT molecular complexity index is 1160. The summed E-state index contributed by atoms with van der Waals surface area (Å²) in [5.41, 5.74) is 1.71. The van der Waals surface area contributed by atoms with Crippen LogP contribution in [0.4, 0.5) is 5.95 Å². The normalized spacial score (nSPS) is 23.1. The number of ether oxygens (including phenoxy) is 1. The van der Waals surface area contributed by atoms with Gasteiger partial charge in [-0.15, -0.1) is 5.10 Å². The molecule has 1 aliphatic heterocycles. The molecule has 1 saturated heterocycles. The van der Waals surface area contributed by atoms with Crippen molar-refractivity contribution >= 4 is 32.9 Å². The van der Waals surface area contributed by atoms with Gasteiger partial charge in [0.15, 0.2) is 5.65 Å². The smallest absolute Gasteiger partial charge is 0.263 e. The van der Waals surface area contributed by atoms with Crippen LogP contribution in [0.15, 0.2) is 33.7 Å². The molecule has 0 radical (unpaired) electrons. The molecule has 5 rings (SSSR count). The van der Waals surface area contributed by atoms with Gasteiger partial charge in [0.1, 0.15) is 5.39 Å². The van der Waals surface area contributed by atoms with Crippen molar-refractivity contribution in [1.29, 1.82) is 0 Å². The van der Waals surface area contributed by atoms with Crippen LogP contribution >= 0.6 is 15.9 Å². The molecule has 1 aromatic carbocycles. The Balaban J connectivity index is 1.58. The topological polar surface area (TPSA) is 96.3 Å². The molecule has 9 heteroatoms. The van der Waals surface area contributed by atoms with Crippen LogP contribution < -0.4 is 10.5 Å². The molecule has 0 bridgehead atoms. The number of rotatable bonds is 4. The highest BCUT2D eigenvalue weighted by Gasteiger charge is 2.33. The van der Waals surface area contributed by atoms with E-state index < -0.39 is 6.10 Å². The molecule has 2 fully saturated rings. The number of aliphatic hydroxyl groups is 1. The standard InChI is InChI=1S/C21H24BrN5O3/c1-11-10-30-12(2)8-26(11)21-23-19-16(20(29)24-21)9-27(25-19)17-6-5-14(22)7-15(17)18(28)13-3-4-13/h5-7,9,11-13,18,28H,3-4,8,10H2,1-2H3,(H,23,24,25,29). The van der Waals surface area contributed by atoms with E-state index in [0.29, 0.717) is 30.1 Å². The van der Waals surface area contributed by atoms with E-state index in [-0.39, 0.29) is 23.6 Å². The van der Waals surface area contributed by atoms with Crippen molar-refractivity contribution in [1.82, 2.24) is 19.7 Å². The molecule has 1 saturated carbocycles. The van der Waals surface area contributed by atoms with E-state index >= 15 is 0 Å². The van der Waals surface area contributed by atoms with Crippen molar-refractivity contribution in [3.63, 3.8) is 0 Å². The first-order valence-corrected chi connectivity index (χ1v) is 11.1. The van der Waals surface area contributed by atoms with Crippen LogP contribution in [0.5, 0.6) is 0 Å². The molecule has 0 amide bonds. The molecule has 3 heterocycles.